The molecule has 290 valence electrons. The number of benzene rings is 9. The number of anilines is 3. The molecule has 0 saturated carbocycles. The minimum absolute atomic E-state index is 0.565. The number of furan rings is 2. The molecule has 1 aliphatic heterocycles. The fraction of sp³-hybridized carbons (Fsp3) is 0.0179. The maximum Gasteiger partial charge on any atom is 0.145 e. The molecule has 0 fully saturated rings. The first kappa shape index (κ1) is 33.9. The molecule has 12 aromatic rings. The van der Waals surface area contributed by atoms with Crippen molar-refractivity contribution in [3.8, 4) is 33.2 Å². The second kappa shape index (κ2) is 12.6. The highest BCUT2D eigenvalue weighted by molar-refractivity contribution is 7.21. The van der Waals surface area contributed by atoms with Gasteiger partial charge in [-0.25, -0.2) is 4.98 Å². The number of aromatic nitrogens is 1. The van der Waals surface area contributed by atoms with Crippen molar-refractivity contribution >= 4 is 82.5 Å². The van der Waals surface area contributed by atoms with Crippen LogP contribution in [0.5, 0.6) is 11.5 Å². The predicted octanol–water partition coefficient (Wildman–Crippen LogP) is 15.7. The van der Waals surface area contributed by atoms with Gasteiger partial charge in [-0.05, 0) is 89.0 Å². The van der Waals surface area contributed by atoms with Gasteiger partial charge in [0.15, 0.2) is 0 Å². The average Bonchev–Trinajstić information content (AvgIpc) is 4.09. The van der Waals surface area contributed by atoms with E-state index in [-0.39, 0.29) is 0 Å². The molecule has 0 radical (unpaired) electrons. The minimum Gasteiger partial charge on any atom is -0.457 e. The van der Waals surface area contributed by atoms with E-state index in [0.717, 1.165) is 104 Å². The Morgan fingerprint density at radius 3 is 1.82 bits per heavy atom. The lowest BCUT2D eigenvalue weighted by atomic mass is 9.66. The second-order valence-corrected chi connectivity index (χ2v) is 17.2. The Morgan fingerprint density at radius 2 is 1.02 bits per heavy atom. The molecule has 62 heavy (non-hydrogen) atoms. The summed E-state index contributed by atoms with van der Waals surface area (Å²) in [5.74, 6) is 1.67. The molecule has 0 bridgehead atoms. The molecule has 0 saturated heterocycles. The summed E-state index contributed by atoms with van der Waals surface area (Å²) >= 11 is 1.68. The van der Waals surface area contributed by atoms with Crippen molar-refractivity contribution in [2.24, 2.45) is 0 Å². The summed E-state index contributed by atoms with van der Waals surface area (Å²) in [6, 6.07) is 68.8. The number of ether oxygens (including phenoxy) is 1. The lowest BCUT2D eigenvalue weighted by Crippen LogP contribution is -2.32. The van der Waals surface area contributed by atoms with Crippen molar-refractivity contribution in [2.45, 2.75) is 5.41 Å². The lowest BCUT2D eigenvalue weighted by Gasteiger charge is -2.40. The Kier molecular flexibility index (Phi) is 6.85. The van der Waals surface area contributed by atoms with Crippen LogP contribution < -0.4 is 9.64 Å². The zero-order valence-electron chi connectivity index (χ0n) is 33.0. The molecular weight excluding hydrogens is 781 g/mol. The van der Waals surface area contributed by atoms with Crippen molar-refractivity contribution < 1.29 is 13.6 Å². The lowest BCUT2D eigenvalue weighted by molar-refractivity contribution is 0.436. The molecule has 0 atom stereocenters. The van der Waals surface area contributed by atoms with E-state index < -0.39 is 5.41 Å². The molecule has 6 heteroatoms. The van der Waals surface area contributed by atoms with Gasteiger partial charge in [-0.3, -0.25) is 0 Å². The number of fused-ring (bicyclic) bond motifs is 16. The van der Waals surface area contributed by atoms with Gasteiger partial charge < -0.3 is 18.5 Å². The summed E-state index contributed by atoms with van der Waals surface area (Å²) in [6.07, 6.45) is 0. The minimum atomic E-state index is -0.565. The molecular formula is C56H32N2O3S. The molecule has 0 unspecified atom stereocenters. The maximum atomic E-state index is 7.05. The van der Waals surface area contributed by atoms with Crippen LogP contribution in [0.15, 0.2) is 203 Å². The van der Waals surface area contributed by atoms with Crippen LogP contribution in [0.1, 0.15) is 22.3 Å². The van der Waals surface area contributed by atoms with Gasteiger partial charge in [0.25, 0.3) is 0 Å². The Balaban J connectivity index is 1.05. The quantitative estimate of drug-likeness (QED) is 0.177. The van der Waals surface area contributed by atoms with Crippen LogP contribution in [0.4, 0.5) is 17.1 Å². The zero-order chi connectivity index (χ0) is 40.5. The molecule has 0 N–H and O–H groups in total. The molecule has 2 aliphatic rings. The van der Waals surface area contributed by atoms with E-state index in [4.69, 9.17) is 18.6 Å². The normalized spacial score (nSPS) is 13.4. The summed E-state index contributed by atoms with van der Waals surface area (Å²) < 4.78 is 21.2. The van der Waals surface area contributed by atoms with E-state index >= 15 is 0 Å². The van der Waals surface area contributed by atoms with Crippen molar-refractivity contribution in [3.05, 3.63) is 216 Å². The van der Waals surface area contributed by atoms with E-state index in [1.807, 2.05) is 30.3 Å². The van der Waals surface area contributed by atoms with E-state index in [1.54, 1.807) is 11.3 Å². The fourth-order valence-corrected chi connectivity index (χ4v) is 11.4. The topological polar surface area (TPSA) is 51.6 Å². The number of hydrogen-bond donors (Lipinski definition) is 0. The van der Waals surface area contributed by atoms with Gasteiger partial charge in [-0.1, -0.05) is 121 Å². The monoisotopic (exact) mass is 812 g/mol. The SMILES string of the molecule is c1ccc2c(c1)Oc1cc(N(c3ccc4oc5ccccc5c4c3)c3cc(-c4nc5ccccc5s4)c4oc5ccccc5c4c3)ccc1C21c2ccccc2-c2ccccc21. The highest BCUT2D eigenvalue weighted by Gasteiger charge is 2.51. The molecule has 1 aliphatic carbocycles. The molecule has 1 spiro atoms. The van der Waals surface area contributed by atoms with Gasteiger partial charge in [0.2, 0.25) is 0 Å². The number of hydrogen-bond acceptors (Lipinski definition) is 6. The fourth-order valence-electron chi connectivity index (χ4n) is 10.4. The van der Waals surface area contributed by atoms with E-state index in [0.29, 0.717) is 0 Å². The standard InChI is InChI=1S/C56H32N2O3S/c1-5-17-43-36(13-1)37-14-2-6-18-44(37)56(43)45-19-7-11-23-51(45)60-52-32-34(25-27-46(52)56)58(33-26-28-50-40(29-33)38-15-3-9-21-48(38)59-50)35-30-41-39-16-4-10-22-49(39)61-54(41)42(31-35)55-57-47-20-8-12-24-53(47)62-55/h1-32H. The first-order valence-corrected chi connectivity index (χ1v) is 21.7. The van der Waals surface area contributed by atoms with Crippen LogP contribution in [0, 0.1) is 0 Å². The molecule has 9 aromatic carbocycles. The molecule has 3 aromatic heterocycles. The van der Waals surface area contributed by atoms with Gasteiger partial charge in [-0.2, -0.15) is 0 Å². The molecule has 0 amide bonds. The summed E-state index contributed by atoms with van der Waals surface area (Å²) in [5.41, 5.74) is 14.9. The Morgan fingerprint density at radius 1 is 0.419 bits per heavy atom. The number of para-hydroxylation sites is 4. The highest BCUT2D eigenvalue weighted by Crippen LogP contribution is 2.62. The Bertz CT molecular complexity index is 3760. The average molecular weight is 813 g/mol. The third-order valence-electron chi connectivity index (χ3n) is 13.0. The Hall–Kier alpha value is -7.93. The van der Waals surface area contributed by atoms with Gasteiger partial charge in [0.05, 0.1) is 21.2 Å². The Labute approximate surface area is 359 Å². The predicted molar refractivity (Wildman–Crippen MR) is 252 cm³/mol. The molecule has 5 nitrogen and oxygen atoms in total. The van der Waals surface area contributed by atoms with Crippen LogP contribution in [0.25, 0.3) is 75.8 Å². The van der Waals surface area contributed by atoms with E-state index in [1.165, 1.54) is 22.3 Å². The maximum absolute atomic E-state index is 7.05. The first-order valence-electron chi connectivity index (χ1n) is 20.8. The van der Waals surface area contributed by atoms with E-state index in [2.05, 4.69) is 169 Å². The summed E-state index contributed by atoms with van der Waals surface area (Å²) in [5, 5.41) is 5.09. The van der Waals surface area contributed by atoms with Gasteiger partial charge in [-0.15, -0.1) is 11.3 Å². The van der Waals surface area contributed by atoms with Crippen LogP contribution in [-0.4, -0.2) is 4.98 Å². The van der Waals surface area contributed by atoms with Crippen LogP contribution in [0.2, 0.25) is 0 Å². The molecule has 4 heterocycles. The summed E-state index contributed by atoms with van der Waals surface area (Å²) in [4.78, 5) is 7.52. The van der Waals surface area contributed by atoms with Crippen LogP contribution >= 0.6 is 11.3 Å². The van der Waals surface area contributed by atoms with Gasteiger partial charge in [0.1, 0.15) is 38.8 Å². The number of nitrogens with zero attached hydrogens (tertiary/aromatic N) is 2. The van der Waals surface area contributed by atoms with Gasteiger partial charge in [0, 0.05) is 55.8 Å². The zero-order valence-corrected chi connectivity index (χ0v) is 33.8. The first-order chi connectivity index (χ1) is 30.7. The third-order valence-corrected chi connectivity index (χ3v) is 14.0. The largest absolute Gasteiger partial charge is 0.457 e. The number of rotatable bonds is 4. The van der Waals surface area contributed by atoms with Crippen molar-refractivity contribution in [1.82, 2.24) is 4.98 Å². The van der Waals surface area contributed by atoms with Crippen molar-refractivity contribution in [2.75, 3.05) is 4.90 Å². The number of thiazole rings is 1. The van der Waals surface area contributed by atoms with Crippen LogP contribution in [-0.2, 0) is 5.41 Å². The van der Waals surface area contributed by atoms with Crippen molar-refractivity contribution in [3.63, 3.8) is 0 Å². The summed E-state index contributed by atoms with van der Waals surface area (Å²) in [6.45, 7) is 0. The highest BCUT2D eigenvalue weighted by atomic mass is 32.1. The third kappa shape index (κ3) is 4.59. The molecule has 14 rings (SSSR count). The summed E-state index contributed by atoms with van der Waals surface area (Å²) in [7, 11) is 0. The smallest absolute Gasteiger partial charge is 0.145 e. The van der Waals surface area contributed by atoms with E-state index in [9.17, 15) is 0 Å². The van der Waals surface area contributed by atoms with Gasteiger partial charge >= 0.3 is 0 Å². The van der Waals surface area contributed by atoms with Crippen molar-refractivity contribution in [1.29, 1.82) is 0 Å². The van der Waals surface area contributed by atoms with Crippen LogP contribution in [0.3, 0.4) is 0 Å². The second-order valence-electron chi connectivity index (χ2n) is 16.2.